The smallest absolute Gasteiger partial charge is 0.240 e. The summed E-state index contributed by atoms with van der Waals surface area (Å²) in [6.07, 6.45) is 1.47. The van der Waals surface area contributed by atoms with Crippen molar-refractivity contribution in [1.82, 2.24) is 24.5 Å². The highest BCUT2D eigenvalue weighted by Crippen LogP contribution is 2.21. The quantitative estimate of drug-likeness (QED) is 0.527. The molecule has 4 aromatic rings. The molecule has 0 aliphatic rings. The fourth-order valence-electron chi connectivity index (χ4n) is 2.86. The maximum absolute atomic E-state index is 9.86. The minimum atomic E-state index is -1.06. The Morgan fingerprint density at radius 3 is 2.59 bits per heavy atom. The van der Waals surface area contributed by atoms with E-state index in [9.17, 15) is 5.11 Å². The van der Waals surface area contributed by atoms with Crippen LogP contribution in [0, 0.1) is 18.8 Å². The first kappa shape index (κ1) is 18.6. The van der Waals surface area contributed by atoms with Crippen molar-refractivity contribution < 1.29 is 5.11 Å². The Bertz CT molecular complexity index is 1230. The number of hydrogen-bond acceptors (Lipinski definition) is 6. The van der Waals surface area contributed by atoms with Gasteiger partial charge in [-0.25, -0.2) is 15.0 Å². The van der Waals surface area contributed by atoms with Crippen molar-refractivity contribution in [3.8, 4) is 17.8 Å². The highest BCUT2D eigenvalue weighted by Gasteiger charge is 2.13. The zero-order valence-corrected chi connectivity index (χ0v) is 16.4. The SMILES string of the molecule is Cc1nc2ccc(C#CC(C)(C)O)cc2n1-c1ncnc(Nc2ccccc2)n1. The first-order valence-electron chi connectivity index (χ1n) is 9.15. The molecule has 0 bridgehead atoms. The average molecular weight is 384 g/mol. The van der Waals surface area contributed by atoms with Crippen LogP contribution in [0.25, 0.3) is 17.0 Å². The van der Waals surface area contributed by atoms with Crippen molar-refractivity contribution in [2.45, 2.75) is 26.4 Å². The molecule has 2 aromatic carbocycles. The Balaban J connectivity index is 1.76. The number of benzene rings is 2. The summed E-state index contributed by atoms with van der Waals surface area (Å²) in [5.74, 6) is 7.49. The summed E-state index contributed by atoms with van der Waals surface area (Å²) in [6.45, 7) is 5.20. The number of aryl methyl sites for hydroxylation is 1. The fourth-order valence-corrected chi connectivity index (χ4v) is 2.86. The maximum Gasteiger partial charge on any atom is 0.240 e. The van der Waals surface area contributed by atoms with Gasteiger partial charge in [0.1, 0.15) is 17.8 Å². The van der Waals surface area contributed by atoms with Crippen LogP contribution < -0.4 is 5.32 Å². The molecule has 7 heteroatoms. The van der Waals surface area contributed by atoms with E-state index in [4.69, 9.17) is 0 Å². The van der Waals surface area contributed by atoms with E-state index in [1.165, 1.54) is 6.33 Å². The van der Waals surface area contributed by atoms with E-state index in [-0.39, 0.29) is 0 Å². The summed E-state index contributed by atoms with van der Waals surface area (Å²) >= 11 is 0. The number of aromatic nitrogens is 5. The zero-order chi connectivity index (χ0) is 20.4. The summed E-state index contributed by atoms with van der Waals surface area (Å²) in [5.41, 5.74) is 2.26. The molecule has 0 atom stereocenters. The van der Waals surface area contributed by atoms with Crippen molar-refractivity contribution in [2.24, 2.45) is 0 Å². The van der Waals surface area contributed by atoms with Gasteiger partial charge in [0.05, 0.1) is 11.0 Å². The molecule has 0 saturated heterocycles. The number of anilines is 2. The highest BCUT2D eigenvalue weighted by atomic mass is 16.3. The van der Waals surface area contributed by atoms with E-state index in [2.05, 4.69) is 37.1 Å². The van der Waals surface area contributed by atoms with Crippen LogP contribution in [0.4, 0.5) is 11.6 Å². The zero-order valence-electron chi connectivity index (χ0n) is 16.4. The van der Waals surface area contributed by atoms with Crippen molar-refractivity contribution in [2.75, 3.05) is 5.32 Å². The van der Waals surface area contributed by atoms with Crippen molar-refractivity contribution >= 4 is 22.7 Å². The average Bonchev–Trinajstić information content (AvgIpc) is 3.02. The van der Waals surface area contributed by atoms with Crippen LogP contribution in [0.2, 0.25) is 0 Å². The third-order valence-corrected chi connectivity index (χ3v) is 4.12. The standard InChI is InChI=1S/C22H20N6O/c1-15-25-18-10-9-16(11-12-22(2,3)29)13-19(18)28(15)21-24-14-23-20(27-21)26-17-7-5-4-6-8-17/h4-10,13-14,29H,1-3H3,(H,23,24,26,27). The van der Waals surface area contributed by atoms with Crippen LogP contribution in [0.5, 0.6) is 0 Å². The van der Waals surface area contributed by atoms with Gasteiger partial charge in [-0.1, -0.05) is 30.0 Å². The van der Waals surface area contributed by atoms with Crippen LogP contribution in [0.15, 0.2) is 54.9 Å². The molecule has 0 unspecified atom stereocenters. The van der Waals surface area contributed by atoms with Gasteiger partial charge in [-0.15, -0.1) is 0 Å². The molecule has 2 N–H and O–H groups in total. The number of nitrogens with zero attached hydrogens (tertiary/aromatic N) is 5. The summed E-state index contributed by atoms with van der Waals surface area (Å²) in [6, 6.07) is 15.4. The largest absolute Gasteiger partial charge is 0.378 e. The fraction of sp³-hybridized carbons (Fsp3) is 0.182. The van der Waals surface area contributed by atoms with E-state index in [0.29, 0.717) is 11.9 Å². The van der Waals surface area contributed by atoms with Gasteiger partial charge in [0.2, 0.25) is 11.9 Å². The topological polar surface area (TPSA) is 88.8 Å². The number of hydrogen-bond donors (Lipinski definition) is 2. The van der Waals surface area contributed by atoms with E-state index < -0.39 is 5.60 Å². The van der Waals surface area contributed by atoms with Gasteiger partial charge in [0.25, 0.3) is 0 Å². The second kappa shape index (κ2) is 7.34. The summed E-state index contributed by atoms with van der Waals surface area (Å²) < 4.78 is 1.86. The molecule has 0 aliphatic carbocycles. The van der Waals surface area contributed by atoms with Gasteiger partial charge in [-0.2, -0.15) is 4.98 Å². The molecule has 7 nitrogen and oxygen atoms in total. The second-order valence-electron chi connectivity index (χ2n) is 7.11. The lowest BCUT2D eigenvalue weighted by Crippen LogP contribution is -2.14. The number of aliphatic hydroxyl groups is 1. The highest BCUT2D eigenvalue weighted by molar-refractivity contribution is 5.79. The molecule has 2 heterocycles. The molecule has 0 aliphatic heterocycles. The number of imidazole rings is 1. The third kappa shape index (κ3) is 4.23. The lowest BCUT2D eigenvalue weighted by atomic mass is 10.1. The molecular weight excluding hydrogens is 364 g/mol. The van der Waals surface area contributed by atoms with Crippen molar-refractivity contribution in [3.63, 3.8) is 0 Å². The predicted octanol–water partition coefficient (Wildman–Crippen LogP) is 3.38. The Kier molecular flexibility index (Phi) is 4.71. The molecule has 29 heavy (non-hydrogen) atoms. The van der Waals surface area contributed by atoms with Crippen LogP contribution in [-0.2, 0) is 0 Å². The molecule has 0 radical (unpaired) electrons. The number of rotatable bonds is 3. The second-order valence-corrected chi connectivity index (χ2v) is 7.11. The van der Waals surface area contributed by atoms with E-state index in [1.807, 2.05) is 60.0 Å². The van der Waals surface area contributed by atoms with Gasteiger partial charge in [0.15, 0.2) is 0 Å². The van der Waals surface area contributed by atoms with E-state index in [1.54, 1.807) is 13.8 Å². The van der Waals surface area contributed by atoms with Crippen LogP contribution in [0.3, 0.4) is 0 Å². The Morgan fingerprint density at radius 2 is 1.83 bits per heavy atom. The van der Waals surface area contributed by atoms with Crippen molar-refractivity contribution in [1.29, 1.82) is 0 Å². The van der Waals surface area contributed by atoms with Gasteiger partial charge in [0, 0.05) is 11.3 Å². The number of nitrogens with one attached hydrogen (secondary N) is 1. The molecule has 0 fully saturated rings. The summed E-state index contributed by atoms with van der Waals surface area (Å²) in [5, 5.41) is 13.0. The number of fused-ring (bicyclic) bond motifs is 1. The minimum Gasteiger partial charge on any atom is -0.378 e. The van der Waals surface area contributed by atoms with Gasteiger partial charge in [-0.3, -0.25) is 4.57 Å². The van der Waals surface area contributed by atoms with E-state index >= 15 is 0 Å². The summed E-state index contributed by atoms with van der Waals surface area (Å²) in [4.78, 5) is 17.7. The molecule has 4 rings (SSSR count). The van der Waals surface area contributed by atoms with Crippen LogP contribution in [0.1, 0.15) is 25.2 Å². The maximum atomic E-state index is 9.86. The molecule has 0 amide bonds. The first-order chi connectivity index (χ1) is 13.9. The van der Waals surface area contributed by atoms with E-state index in [0.717, 1.165) is 28.1 Å². The molecule has 0 saturated carbocycles. The normalized spacial score (nSPS) is 11.2. The lowest BCUT2D eigenvalue weighted by molar-refractivity contribution is 0.143. The van der Waals surface area contributed by atoms with Gasteiger partial charge >= 0.3 is 0 Å². The summed E-state index contributed by atoms with van der Waals surface area (Å²) in [7, 11) is 0. The molecule has 0 spiro atoms. The third-order valence-electron chi connectivity index (χ3n) is 4.12. The minimum absolute atomic E-state index is 0.445. The monoisotopic (exact) mass is 384 g/mol. The van der Waals surface area contributed by atoms with Crippen molar-refractivity contribution in [3.05, 3.63) is 66.2 Å². The molecule has 2 aromatic heterocycles. The van der Waals surface area contributed by atoms with Gasteiger partial charge in [-0.05, 0) is 51.1 Å². The number of para-hydroxylation sites is 1. The Morgan fingerprint density at radius 1 is 1.03 bits per heavy atom. The Labute approximate surface area is 168 Å². The van der Waals surface area contributed by atoms with Crippen LogP contribution in [-0.4, -0.2) is 35.2 Å². The Hall–Kier alpha value is -3.76. The predicted molar refractivity (Wildman–Crippen MR) is 112 cm³/mol. The lowest BCUT2D eigenvalue weighted by Gasteiger charge is -2.08. The van der Waals surface area contributed by atoms with Gasteiger partial charge < -0.3 is 10.4 Å². The molecular formula is C22H20N6O. The van der Waals surface area contributed by atoms with Crippen LogP contribution >= 0.6 is 0 Å². The molecule has 144 valence electrons. The first-order valence-corrected chi connectivity index (χ1v) is 9.15.